The van der Waals surface area contributed by atoms with Crippen LogP contribution in [0.25, 0.3) is 22.3 Å². The molecule has 21 heavy (non-hydrogen) atoms. The molecule has 0 N–H and O–H groups in total. The van der Waals surface area contributed by atoms with Crippen molar-refractivity contribution in [3.8, 4) is 11.3 Å². The van der Waals surface area contributed by atoms with Crippen LogP contribution in [0, 0.1) is 19.7 Å². The van der Waals surface area contributed by atoms with Crippen LogP contribution in [0.2, 0.25) is 10.0 Å². The molecule has 3 rings (SSSR count). The van der Waals surface area contributed by atoms with E-state index < -0.39 is 0 Å². The molecule has 5 heteroatoms. The second kappa shape index (κ2) is 5.24. The van der Waals surface area contributed by atoms with Crippen molar-refractivity contribution in [1.29, 1.82) is 0 Å². The molecule has 2 aromatic carbocycles. The van der Waals surface area contributed by atoms with E-state index in [0.29, 0.717) is 38.0 Å². The second-order valence-corrected chi connectivity index (χ2v) is 5.63. The fourth-order valence-electron chi connectivity index (χ4n) is 2.21. The van der Waals surface area contributed by atoms with Crippen LogP contribution in [0.15, 0.2) is 30.3 Å². The summed E-state index contributed by atoms with van der Waals surface area (Å²) in [5.74, 6) is -0.369. The molecule has 0 bridgehead atoms. The molecule has 0 unspecified atom stereocenters. The summed E-state index contributed by atoms with van der Waals surface area (Å²) in [7, 11) is 0. The molecule has 0 radical (unpaired) electrons. The lowest BCUT2D eigenvalue weighted by Crippen LogP contribution is -1.96. The zero-order valence-electron chi connectivity index (χ0n) is 11.4. The van der Waals surface area contributed by atoms with E-state index in [2.05, 4.69) is 9.97 Å². The lowest BCUT2D eigenvalue weighted by Gasteiger charge is -2.10. The first-order chi connectivity index (χ1) is 9.97. The highest BCUT2D eigenvalue weighted by Gasteiger charge is 2.14. The fourth-order valence-corrected chi connectivity index (χ4v) is 2.62. The maximum atomic E-state index is 13.5. The fraction of sp³-hybridized carbons (Fsp3) is 0.125. The lowest BCUT2D eigenvalue weighted by molar-refractivity contribution is 0.628. The van der Waals surface area contributed by atoms with Crippen LogP contribution < -0.4 is 0 Å². The van der Waals surface area contributed by atoms with Gasteiger partial charge in [0.15, 0.2) is 0 Å². The van der Waals surface area contributed by atoms with Gasteiger partial charge in [-0.05, 0) is 43.7 Å². The van der Waals surface area contributed by atoms with Crippen LogP contribution in [0.5, 0.6) is 0 Å². The summed E-state index contributed by atoms with van der Waals surface area (Å²) in [5, 5.41) is 0.978. The number of halogens is 3. The van der Waals surface area contributed by atoms with Crippen LogP contribution in [-0.4, -0.2) is 9.97 Å². The van der Waals surface area contributed by atoms with E-state index in [9.17, 15) is 4.39 Å². The average molecular weight is 321 g/mol. The van der Waals surface area contributed by atoms with Gasteiger partial charge in [0.2, 0.25) is 0 Å². The molecule has 2 nitrogen and oxygen atoms in total. The maximum absolute atomic E-state index is 13.5. The molecule has 0 amide bonds. The van der Waals surface area contributed by atoms with Crippen molar-refractivity contribution in [2.75, 3.05) is 0 Å². The highest BCUT2D eigenvalue weighted by Crippen LogP contribution is 2.32. The lowest BCUT2D eigenvalue weighted by atomic mass is 10.1. The predicted molar refractivity (Wildman–Crippen MR) is 84.4 cm³/mol. The standard InChI is InChI=1S/C16H11Cl2FN2/c1-8-3-6-13-16(14(8)18)21-15(9(2)20-13)11-7-10(19)4-5-12(11)17/h3-7H,1-2H3. The van der Waals surface area contributed by atoms with Crippen molar-refractivity contribution >= 4 is 34.2 Å². The topological polar surface area (TPSA) is 25.8 Å². The van der Waals surface area contributed by atoms with Crippen LogP contribution in [0.3, 0.4) is 0 Å². The van der Waals surface area contributed by atoms with Gasteiger partial charge in [-0.25, -0.2) is 14.4 Å². The van der Waals surface area contributed by atoms with Crippen LogP contribution in [0.1, 0.15) is 11.3 Å². The number of benzene rings is 2. The molecular weight excluding hydrogens is 310 g/mol. The van der Waals surface area contributed by atoms with Crippen molar-refractivity contribution in [3.05, 3.63) is 57.5 Å². The Morgan fingerprint density at radius 1 is 1.00 bits per heavy atom. The molecule has 0 atom stereocenters. The van der Waals surface area contributed by atoms with Crippen molar-refractivity contribution in [1.82, 2.24) is 9.97 Å². The number of rotatable bonds is 1. The minimum atomic E-state index is -0.369. The third-order valence-electron chi connectivity index (χ3n) is 3.33. The third-order valence-corrected chi connectivity index (χ3v) is 4.13. The van der Waals surface area contributed by atoms with Crippen molar-refractivity contribution < 1.29 is 4.39 Å². The summed E-state index contributed by atoms with van der Waals surface area (Å²) in [4.78, 5) is 9.06. The van der Waals surface area contributed by atoms with Crippen molar-refractivity contribution in [3.63, 3.8) is 0 Å². The number of hydrogen-bond donors (Lipinski definition) is 0. The van der Waals surface area contributed by atoms with Crippen LogP contribution >= 0.6 is 23.2 Å². The Bertz CT molecular complexity index is 863. The van der Waals surface area contributed by atoms with E-state index >= 15 is 0 Å². The Hall–Kier alpha value is -1.71. The van der Waals surface area contributed by atoms with E-state index in [-0.39, 0.29) is 5.82 Å². The Morgan fingerprint density at radius 2 is 1.76 bits per heavy atom. The molecule has 0 fully saturated rings. The Kier molecular flexibility index (Phi) is 3.56. The monoisotopic (exact) mass is 320 g/mol. The summed E-state index contributed by atoms with van der Waals surface area (Å²) >= 11 is 12.5. The molecule has 3 aromatic rings. The molecule has 0 aliphatic rings. The molecular formula is C16H11Cl2FN2. The third kappa shape index (κ3) is 2.47. The molecule has 0 saturated heterocycles. The first-order valence-corrected chi connectivity index (χ1v) is 7.12. The summed E-state index contributed by atoms with van der Waals surface area (Å²) in [6.07, 6.45) is 0. The summed E-state index contributed by atoms with van der Waals surface area (Å²) in [5.41, 5.74) is 3.95. The van der Waals surface area contributed by atoms with Gasteiger partial charge in [-0.2, -0.15) is 0 Å². The smallest absolute Gasteiger partial charge is 0.123 e. The zero-order chi connectivity index (χ0) is 15.1. The Labute approximate surface area is 131 Å². The van der Waals surface area contributed by atoms with Gasteiger partial charge in [-0.1, -0.05) is 29.3 Å². The second-order valence-electron chi connectivity index (χ2n) is 4.85. The number of aromatic nitrogens is 2. The van der Waals surface area contributed by atoms with Gasteiger partial charge >= 0.3 is 0 Å². The quantitative estimate of drug-likeness (QED) is 0.603. The average Bonchev–Trinajstić information content (AvgIpc) is 2.45. The number of nitrogens with zero attached hydrogens (tertiary/aromatic N) is 2. The van der Waals surface area contributed by atoms with Crippen molar-refractivity contribution in [2.45, 2.75) is 13.8 Å². The van der Waals surface area contributed by atoms with Gasteiger partial charge in [0, 0.05) is 5.56 Å². The summed E-state index contributed by atoms with van der Waals surface area (Å²) in [6.45, 7) is 3.72. The van der Waals surface area contributed by atoms with E-state index in [1.165, 1.54) is 18.2 Å². The van der Waals surface area contributed by atoms with E-state index in [0.717, 1.165) is 5.56 Å². The van der Waals surface area contributed by atoms with E-state index in [1.54, 1.807) is 0 Å². The Morgan fingerprint density at radius 3 is 2.52 bits per heavy atom. The summed E-state index contributed by atoms with van der Waals surface area (Å²) < 4.78 is 13.5. The zero-order valence-corrected chi connectivity index (χ0v) is 12.9. The van der Waals surface area contributed by atoms with Crippen LogP contribution in [0.4, 0.5) is 4.39 Å². The largest absolute Gasteiger partial charge is 0.249 e. The van der Waals surface area contributed by atoms with E-state index in [4.69, 9.17) is 23.2 Å². The summed E-state index contributed by atoms with van der Waals surface area (Å²) in [6, 6.07) is 7.94. The van der Waals surface area contributed by atoms with Gasteiger partial charge < -0.3 is 0 Å². The minimum Gasteiger partial charge on any atom is -0.249 e. The van der Waals surface area contributed by atoms with Crippen LogP contribution in [-0.2, 0) is 0 Å². The molecule has 0 spiro atoms. The molecule has 0 aliphatic heterocycles. The minimum absolute atomic E-state index is 0.369. The first-order valence-electron chi connectivity index (χ1n) is 6.36. The normalized spacial score (nSPS) is 11.1. The number of aryl methyl sites for hydroxylation is 2. The van der Waals surface area contributed by atoms with E-state index in [1.807, 2.05) is 26.0 Å². The highest BCUT2D eigenvalue weighted by molar-refractivity contribution is 6.36. The van der Waals surface area contributed by atoms with Crippen molar-refractivity contribution in [2.24, 2.45) is 0 Å². The van der Waals surface area contributed by atoms with Gasteiger partial charge in [0.05, 0.1) is 26.9 Å². The van der Waals surface area contributed by atoms with Gasteiger partial charge in [-0.15, -0.1) is 0 Å². The number of fused-ring (bicyclic) bond motifs is 1. The molecule has 0 aliphatic carbocycles. The highest BCUT2D eigenvalue weighted by atomic mass is 35.5. The van der Waals surface area contributed by atoms with Gasteiger partial charge in [-0.3, -0.25) is 0 Å². The number of hydrogen-bond acceptors (Lipinski definition) is 2. The molecule has 1 heterocycles. The SMILES string of the molecule is Cc1ccc2nc(C)c(-c3cc(F)ccc3Cl)nc2c1Cl. The Balaban J connectivity index is 2.35. The molecule has 106 valence electrons. The maximum Gasteiger partial charge on any atom is 0.123 e. The molecule has 0 saturated carbocycles. The predicted octanol–water partition coefficient (Wildman–Crippen LogP) is 5.36. The molecule has 1 aromatic heterocycles. The van der Waals surface area contributed by atoms with Gasteiger partial charge in [0.1, 0.15) is 11.3 Å². The first kappa shape index (κ1) is 14.2. The van der Waals surface area contributed by atoms with Gasteiger partial charge in [0.25, 0.3) is 0 Å².